The van der Waals surface area contributed by atoms with Crippen LogP contribution < -0.4 is 0 Å². The van der Waals surface area contributed by atoms with Crippen molar-refractivity contribution in [3.05, 3.63) is 146 Å². The van der Waals surface area contributed by atoms with Gasteiger partial charge in [0.05, 0.1) is 6.42 Å². The number of hydrogen-bond acceptors (Lipinski definition) is 6. The van der Waals surface area contributed by atoms with Gasteiger partial charge in [-0.1, -0.05) is 218 Å². The summed E-state index contributed by atoms with van der Waals surface area (Å²) in [4.78, 5) is 37.7. The van der Waals surface area contributed by atoms with Crippen LogP contribution in [-0.4, -0.2) is 37.2 Å². The number of allylic oxidation sites excluding steroid dienone is 23. The van der Waals surface area contributed by atoms with Gasteiger partial charge in [0, 0.05) is 12.8 Å². The molecule has 0 bridgehead atoms. The fraction of sp³-hybridized carbons (Fsp3) is 0.550. The van der Waals surface area contributed by atoms with Crippen LogP contribution in [0.25, 0.3) is 0 Å². The Kier molecular flexibility index (Phi) is 49.1. The Morgan fingerprint density at radius 3 is 1.00 bits per heavy atom. The third kappa shape index (κ3) is 50.3. The maximum Gasteiger partial charge on any atom is 0.310 e. The first-order valence-electron chi connectivity index (χ1n) is 25.8. The maximum absolute atomic E-state index is 12.7. The van der Waals surface area contributed by atoms with Crippen LogP contribution in [0.3, 0.4) is 0 Å². The van der Waals surface area contributed by atoms with Crippen molar-refractivity contribution in [2.45, 2.75) is 200 Å². The standard InChI is InChI=1S/C60H92O6/c1-4-7-10-13-16-18-20-22-24-25-26-27-28-29-30-31-32-33-34-35-37-38-40-42-44-47-50-53-59(62)65-56-57(55-64-58(61)52-49-46-15-12-9-6-3)66-60(63)54-51-48-45-43-41-39-36-23-21-19-17-14-11-8-5-2/h7-8,10-11,16-19,22-24,26-27,29-30,32-33,35-37,41,43,48,51,57H,4-6,9,12-15,20-21,25,28,31,34,38-40,42,44-47,49-50,52-56H2,1-3H3/b10-7-,11-8-,18-16-,19-17-,24-22-,27-26-,30-29-,33-32-,36-23-,37-35-,43-41-,51-48-. The van der Waals surface area contributed by atoms with E-state index in [1.54, 1.807) is 6.08 Å². The van der Waals surface area contributed by atoms with E-state index in [2.05, 4.69) is 154 Å². The Morgan fingerprint density at radius 1 is 0.333 bits per heavy atom. The zero-order valence-electron chi connectivity index (χ0n) is 41.9. The molecule has 0 rings (SSSR count). The predicted octanol–water partition coefficient (Wildman–Crippen LogP) is 17.3. The number of unbranched alkanes of at least 4 members (excludes halogenated alkanes) is 10. The van der Waals surface area contributed by atoms with Gasteiger partial charge in [-0.3, -0.25) is 14.4 Å². The zero-order valence-corrected chi connectivity index (χ0v) is 41.9. The third-order valence-electron chi connectivity index (χ3n) is 10.1. The summed E-state index contributed by atoms with van der Waals surface area (Å²) < 4.78 is 16.5. The summed E-state index contributed by atoms with van der Waals surface area (Å²) in [5.74, 6) is -1.10. The fourth-order valence-corrected chi connectivity index (χ4v) is 6.32. The molecule has 1 atom stereocenters. The Bertz CT molecular complexity index is 1510. The van der Waals surface area contributed by atoms with E-state index in [1.165, 1.54) is 19.3 Å². The third-order valence-corrected chi connectivity index (χ3v) is 10.1. The van der Waals surface area contributed by atoms with Crippen LogP contribution >= 0.6 is 0 Å². The predicted molar refractivity (Wildman–Crippen MR) is 283 cm³/mol. The molecule has 0 heterocycles. The minimum absolute atomic E-state index is 0.0863. The highest BCUT2D eigenvalue weighted by Crippen LogP contribution is 2.11. The lowest BCUT2D eigenvalue weighted by molar-refractivity contribution is -0.166. The summed E-state index contributed by atoms with van der Waals surface area (Å²) in [6.07, 6.45) is 76.0. The molecule has 0 N–H and O–H groups in total. The number of esters is 3. The van der Waals surface area contributed by atoms with E-state index in [9.17, 15) is 14.4 Å². The minimum Gasteiger partial charge on any atom is -0.462 e. The average molecular weight is 909 g/mol. The topological polar surface area (TPSA) is 78.9 Å². The summed E-state index contributed by atoms with van der Waals surface area (Å²) in [7, 11) is 0. The monoisotopic (exact) mass is 909 g/mol. The summed E-state index contributed by atoms with van der Waals surface area (Å²) in [6.45, 7) is 6.21. The molecule has 0 aliphatic rings. The molecule has 1 unspecified atom stereocenters. The van der Waals surface area contributed by atoms with Gasteiger partial charge in [0.15, 0.2) is 6.10 Å². The van der Waals surface area contributed by atoms with E-state index >= 15 is 0 Å². The summed E-state index contributed by atoms with van der Waals surface area (Å²) >= 11 is 0. The van der Waals surface area contributed by atoms with Gasteiger partial charge in [-0.25, -0.2) is 0 Å². The largest absolute Gasteiger partial charge is 0.462 e. The fourth-order valence-electron chi connectivity index (χ4n) is 6.32. The molecule has 6 nitrogen and oxygen atoms in total. The number of hydrogen-bond donors (Lipinski definition) is 0. The van der Waals surface area contributed by atoms with E-state index in [0.29, 0.717) is 19.3 Å². The second-order valence-electron chi connectivity index (χ2n) is 16.3. The number of carbonyl (C=O) groups is 3. The molecule has 0 aliphatic heterocycles. The molecule has 0 saturated heterocycles. The molecule has 0 aromatic heterocycles. The minimum atomic E-state index is -0.842. The Morgan fingerprint density at radius 2 is 0.636 bits per heavy atom. The highest BCUT2D eigenvalue weighted by Gasteiger charge is 2.19. The zero-order chi connectivity index (χ0) is 47.9. The molecular weight excluding hydrogens is 817 g/mol. The molecule has 0 spiro atoms. The van der Waals surface area contributed by atoms with Crippen molar-refractivity contribution in [2.24, 2.45) is 0 Å². The van der Waals surface area contributed by atoms with Gasteiger partial charge in [0.2, 0.25) is 0 Å². The highest BCUT2D eigenvalue weighted by atomic mass is 16.6. The SMILES string of the molecule is CC/C=C\C/C=C\C/C=C\C/C=C\C/C=C\C/C=C\C/C=C\CCCCCCCC(=O)OCC(COC(=O)CCCCCCCC)OC(=O)C/C=C\C/C=C\C/C=C\C/C=C\C/C=C\CC. The van der Waals surface area contributed by atoms with Gasteiger partial charge in [-0.2, -0.15) is 0 Å². The molecule has 0 aromatic carbocycles. The molecule has 6 heteroatoms. The van der Waals surface area contributed by atoms with E-state index < -0.39 is 12.1 Å². The van der Waals surface area contributed by atoms with Crippen molar-refractivity contribution in [1.82, 2.24) is 0 Å². The Hall–Kier alpha value is -4.71. The summed E-state index contributed by atoms with van der Waals surface area (Å²) in [6, 6.07) is 0. The molecule has 368 valence electrons. The smallest absolute Gasteiger partial charge is 0.310 e. The first-order valence-corrected chi connectivity index (χ1v) is 25.8. The van der Waals surface area contributed by atoms with Crippen LogP contribution in [-0.2, 0) is 28.6 Å². The van der Waals surface area contributed by atoms with E-state index in [-0.39, 0.29) is 31.6 Å². The lowest BCUT2D eigenvalue weighted by Gasteiger charge is -2.18. The quantitative estimate of drug-likeness (QED) is 0.0262. The van der Waals surface area contributed by atoms with Crippen molar-refractivity contribution >= 4 is 17.9 Å². The van der Waals surface area contributed by atoms with Gasteiger partial charge >= 0.3 is 17.9 Å². The van der Waals surface area contributed by atoms with Crippen LogP contribution in [0.1, 0.15) is 194 Å². The Balaban J connectivity index is 4.33. The number of ether oxygens (including phenoxy) is 3. The lowest BCUT2D eigenvalue weighted by Crippen LogP contribution is -2.30. The summed E-state index contributed by atoms with van der Waals surface area (Å²) in [5, 5.41) is 0. The van der Waals surface area contributed by atoms with Crippen molar-refractivity contribution in [2.75, 3.05) is 13.2 Å². The molecule has 0 aliphatic carbocycles. The van der Waals surface area contributed by atoms with Crippen LogP contribution in [0.5, 0.6) is 0 Å². The van der Waals surface area contributed by atoms with Crippen LogP contribution in [0.2, 0.25) is 0 Å². The molecule has 0 aromatic rings. The Labute approximate surface area is 404 Å². The molecule has 0 amide bonds. The molecule has 0 saturated carbocycles. The van der Waals surface area contributed by atoms with Crippen molar-refractivity contribution in [1.29, 1.82) is 0 Å². The van der Waals surface area contributed by atoms with E-state index in [1.807, 2.05) is 6.08 Å². The maximum atomic E-state index is 12.7. The molecule has 66 heavy (non-hydrogen) atoms. The van der Waals surface area contributed by atoms with Gasteiger partial charge in [-0.15, -0.1) is 0 Å². The van der Waals surface area contributed by atoms with Crippen LogP contribution in [0.4, 0.5) is 0 Å². The van der Waals surface area contributed by atoms with Crippen molar-refractivity contribution in [3.63, 3.8) is 0 Å². The normalized spacial score (nSPS) is 13.3. The molecular formula is C60H92O6. The second kappa shape index (κ2) is 52.9. The first-order chi connectivity index (χ1) is 32.5. The van der Waals surface area contributed by atoms with E-state index in [0.717, 1.165) is 128 Å². The van der Waals surface area contributed by atoms with Gasteiger partial charge in [0.1, 0.15) is 13.2 Å². The van der Waals surface area contributed by atoms with Crippen LogP contribution in [0, 0.1) is 0 Å². The molecule has 0 radical (unpaired) electrons. The van der Waals surface area contributed by atoms with Crippen LogP contribution in [0.15, 0.2) is 146 Å². The highest BCUT2D eigenvalue weighted by molar-refractivity contribution is 5.72. The lowest BCUT2D eigenvalue weighted by atomic mass is 10.1. The average Bonchev–Trinajstić information content (AvgIpc) is 3.31. The van der Waals surface area contributed by atoms with Crippen molar-refractivity contribution < 1.29 is 28.6 Å². The first kappa shape index (κ1) is 61.3. The number of rotatable bonds is 44. The van der Waals surface area contributed by atoms with Gasteiger partial charge in [-0.05, 0) is 103 Å². The van der Waals surface area contributed by atoms with E-state index in [4.69, 9.17) is 14.2 Å². The summed E-state index contributed by atoms with van der Waals surface area (Å²) in [5.41, 5.74) is 0. The number of carbonyl (C=O) groups excluding carboxylic acids is 3. The molecule has 0 fully saturated rings. The van der Waals surface area contributed by atoms with Crippen molar-refractivity contribution in [3.8, 4) is 0 Å². The second-order valence-corrected chi connectivity index (χ2v) is 16.3. The van der Waals surface area contributed by atoms with Gasteiger partial charge < -0.3 is 14.2 Å². The van der Waals surface area contributed by atoms with Gasteiger partial charge in [0.25, 0.3) is 0 Å².